The molecule has 29 heavy (non-hydrogen) atoms. The van der Waals surface area contributed by atoms with E-state index in [-0.39, 0.29) is 16.4 Å². The van der Waals surface area contributed by atoms with Crippen LogP contribution in [0.25, 0.3) is 11.1 Å². The minimum atomic E-state index is -3.99. The highest BCUT2D eigenvalue weighted by molar-refractivity contribution is 7.86. The first-order valence-corrected chi connectivity index (χ1v) is 10.6. The van der Waals surface area contributed by atoms with Crippen LogP contribution in [0.15, 0.2) is 65.6 Å². The van der Waals surface area contributed by atoms with Crippen molar-refractivity contribution in [2.24, 2.45) is 0 Å². The highest BCUT2D eigenvalue weighted by Crippen LogP contribution is 2.46. The molecular formula is C20H13Cl2FO5S. The molecule has 0 spiro atoms. The second kappa shape index (κ2) is 7.84. The topological polar surface area (TPSA) is 61.8 Å². The molecule has 1 aliphatic heterocycles. The monoisotopic (exact) mass is 454 g/mol. The van der Waals surface area contributed by atoms with Crippen molar-refractivity contribution in [3.8, 4) is 22.6 Å². The first-order chi connectivity index (χ1) is 13.8. The van der Waals surface area contributed by atoms with Gasteiger partial charge in [0.05, 0.1) is 4.90 Å². The van der Waals surface area contributed by atoms with Crippen LogP contribution >= 0.6 is 23.2 Å². The molecule has 150 valence electrons. The Bertz CT molecular complexity index is 1170. The molecule has 0 radical (unpaired) electrons. The molecule has 1 heterocycles. The van der Waals surface area contributed by atoms with Crippen molar-refractivity contribution in [3.05, 3.63) is 76.5 Å². The van der Waals surface area contributed by atoms with Gasteiger partial charge in [-0.1, -0.05) is 41.4 Å². The Morgan fingerprint density at radius 2 is 1.72 bits per heavy atom. The van der Waals surface area contributed by atoms with E-state index in [1.165, 1.54) is 18.2 Å². The van der Waals surface area contributed by atoms with Gasteiger partial charge < -0.3 is 9.47 Å². The molecule has 0 N–H and O–H groups in total. The fourth-order valence-corrected chi connectivity index (χ4v) is 4.16. The lowest BCUT2D eigenvalue weighted by atomic mass is 10.0. The molecule has 3 aromatic rings. The van der Waals surface area contributed by atoms with Gasteiger partial charge in [-0.2, -0.15) is 8.42 Å². The number of hydrogen-bond donors (Lipinski definition) is 0. The number of benzene rings is 3. The van der Waals surface area contributed by atoms with Gasteiger partial charge in [0.15, 0.2) is 11.5 Å². The summed E-state index contributed by atoms with van der Waals surface area (Å²) in [7, 11) is -3.99. The first-order valence-electron chi connectivity index (χ1n) is 8.40. The van der Waals surface area contributed by atoms with Crippen molar-refractivity contribution in [2.75, 3.05) is 6.61 Å². The van der Waals surface area contributed by atoms with Gasteiger partial charge in [-0.25, -0.2) is 4.39 Å². The van der Waals surface area contributed by atoms with Gasteiger partial charge in [-0.3, -0.25) is 4.18 Å². The van der Waals surface area contributed by atoms with E-state index in [9.17, 15) is 12.8 Å². The normalized spacial score (nSPS) is 15.5. The predicted molar refractivity (Wildman–Crippen MR) is 106 cm³/mol. The Kier molecular flexibility index (Phi) is 5.40. The SMILES string of the molecule is O=S(=O)(OCC1Oc2cc(F)cc(-c3cc(Cl)ccc3Cl)c2O1)c1ccccc1. The Labute approximate surface area is 176 Å². The second-order valence-electron chi connectivity index (χ2n) is 6.12. The average Bonchev–Trinajstić information content (AvgIpc) is 3.11. The van der Waals surface area contributed by atoms with Crippen molar-refractivity contribution in [3.63, 3.8) is 0 Å². The van der Waals surface area contributed by atoms with Crippen molar-refractivity contribution >= 4 is 33.3 Å². The molecule has 3 aromatic carbocycles. The van der Waals surface area contributed by atoms with E-state index in [0.717, 1.165) is 6.07 Å². The van der Waals surface area contributed by atoms with Crippen molar-refractivity contribution in [2.45, 2.75) is 11.2 Å². The summed E-state index contributed by atoms with van der Waals surface area (Å²) in [6.45, 7) is -0.420. The molecule has 0 aliphatic carbocycles. The predicted octanol–water partition coefficient (Wildman–Crippen LogP) is 5.30. The quantitative estimate of drug-likeness (QED) is 0.489. The minimum Gasteiger partial charge on any atom is -0.448 e. The number of hydrogen-bond acceptors (Lipinski definition) is 5. The number of rotatable bonds is 5. The van der Waals surface area contributed by atoms with Gasteiger partial charge in [0.25, 0.3) is 16.4 Å². The van der Waals surface area contributed by atoms with E-state index in [2.05, 4.69) is 0 Å². The standard InChI is InChI=1S/C20H13Cl2FO5S/c21-12-6-7-17(22)15(8-12)16-9-13(23)10-18-20(16)28-19(27-18)11-26-29(24,25)14-4-2-1-3-5-14/h1-10,19H,11H2. The van der Waals surface area contributed by atoms with E-state index in [1.807, 2.05) is 0 Å². The third-order valence-electron chi connectivity index (χ3n) is 4.14. The molecule has 0 amide bonds. The molecule has 1 aliphatic rings. The molecule has 0 saturated heterocycles. The summed E-state index contributed by atoms with van der Waals surface area (Å²) in [5.41, 5.74) is 0.790. The maximum absolute atomic E-state index is 14.1. The van der Waals surface area contributed by atoms with Gasteiger partial charge in [0.1, 0.15) is 12.4 Å². The van der Waals surface area contributed by atoms with Gasteiger partial charge in [-0.05, 0) is 36.4 Å². The van der Waals surface area contributed by atoms with Crippen molar-refractivity contribution in [1.82, 2.24) is 0 Å². The zero-order chi connectivity index (χ0) is 20.6. The van der Waals surface area contributed by atoms with Crippen molar-refractivity contribution in [1.29, 1.82) is 0 Å². The minimum absolute atomic E-state index is 0.00736. The summed E-state index contributed by atoms with van der Waals surface area (Å²) >= 11 is 12.3. The molecule has 9 heteroatoms. The fourth-order valence-electron chi connectivity index (χ4n) is 2.85. The van der Waals surface area contributed by atoms with E-state index < -0.39 is 28.8 Å². The van der Waals surface area contributed by atoms with Crippen LogP contribution in [0.1, 0.15) is 0 Å². The largest absolute Gasteiger partial charge is 0.448 e. The van der Waals surface area contributed by atoms with Gasteiger partial charge >= 0.3 is 0 Å². The molecule has 1 atom stereocenters. The summed E-state index contributed by atoms with van der Waals surface area (Å²) in [4.78, 5) is 0.00736. The van der Waals surface area contributed by atoms with Crippen LogP contribution in [0.4, 0.5) is 4.39 Å². The van der Waals surface area contributed by atoms with Gasteiger partial charge in [-0.15, -0.1) is 0 Å². The summed E-state index contributed by atoms with van der Waals surface area (Å²) < 4.78 is 54.9. The van der Waals surface area contributed by atoms with E-state index in [1.54, 1.807) is 36.4 Å². The molecule has 1 unspecified atom stereocenters. The van der Waals surface area contributed by atoms with Crippen molar-refractivity contribution < 1.29 is 26.5 Å². The summed E-state index contributed by atoms with van der Waals surface area (Å²) in [5, 5.41) is 0.757. The fraction of sp³-hybridized carbons (Fsp3) is 0.100. The van der Waals surface area contributed by atoms with Gasteiger partial charge in [0.2, 0.25) is 0 Å². The molecule has 0 bridgehead atoms. The second-order valence-corrected chi connectivity index (χ2v) is 8.58. The molecule has 0 saturated carbocycles. The summed E-state index contributed by atoms with van der Waals surface area (Å²) in [6, 6.07) is 14.8. The average molecular weight is 455 g/mol. The van der Waals surface area contributed by atoms with Crippen LogP contribution in [-0.2, 0) is 14.3 Å². The van der Waals surface area contributed by atoms with E-state index in [4.69, 9.17) is 36.9 Å². The van der Waals surface area contributed by atoms with Crippen LogP contribution in [0.5, 0.6) is 11.5 Å². The van der Waals surface area contributed by atoms with Crippen LogP contribution in [0.3, 0.4) is 0 Å². The Morgan fingerprint density at radius 1 is 0.966 bits per heavy atom. The van der Waals surface area contributed by atoms with Crippen LogP contribution in [0.2, 0.25) is 10.0 Å². The Hall–Kier alpha value is -2.32. The molecule has 0 fully saturated rings. The lowest BCUT2D eigenvalue weighted by Crippen LogP contribution is -2.26. The number of fused-ring (bicyclic) bond motifs is 1. The number of halogens is 3. The third-order valence-corrected chi connectivity index (χ3v) is 6.00. The molecule has 0 aromatic heterocycles. The first kappa shape index (κ1) is 20.0. The Balaban J connectivity index is 1.58. The summed E-state index contributed by atoms with van der Waals surface area (Å²) in [5.74, 6) is -0.236. The molecule has 5 nitrogen and oxygen atoms in total. The lowest BCUT2D eigenvalue weighted by molar-refractivity contribution is 0.00988. The maximum atomic E-state index is 14.1. The van der Waals surface area contributed by atoms with E-state index >= 15 is 0 Å². The Morgan fingerprint density at radius 3 is 2.48 bits per heavy atom. The van der Waals surface area contributed by atoms with Crippen LogP contribution in [0, 0.1) is 5.82 Å². The maximum Gasteiger partial charge on any atom is 0.297 e. The highest BCUT2D eigenvalue weighted by atomic mass is 35.5. The van der Waals surface area contributed by atoms with Crippen LogP contribution in [-0.4, -0.2) is 21.3 Å². The van der Waals surface area contributed by atoms with Gasteiger partial charge in [0, 0.05) is 27.2 Å². The smallest absolute Gasteiger partial charge is 0.297 e. The molecular weight excluding hydrogens is 442 g/mol. The summed E-state index contributed by atoms with van der Waals surface area (Å²) in [6.07, 6.45) is -1.08. The van der Waals surface area contributed by atoms with E-state index in [0.29, 0.717) is 21.2 Å². The molecule has 4 rings (SSSR count). The number of ether oxygens (including phenoxy) is 2. The lowest BCUT2D eigenvalue weighted by Gasteiger charge is -2.12. The zero-order valence-electron chi connectivity index (χ0n) is 14.6. The zero-order valence-corrected chi connectivity index (χ0v) is 17.0. The highest BCUT2D eigenvalue weighted by Gasteiger charge is 2.31. The third kappa shape index (κ3) is 4.18. The van der Waals surface area contributed by atoms with Crippen LogP contribution < -0.4 is 9.47 Å².